The first-order valence-electron chi connectivity index (χ1n) is 8.00. The molecule has 0 saturated heterocycles. The normalized spacial score (nSPS) is 10.7. The summed E-state index contributed by atoms with van der Waals surface area (Å²) >= 11 is 0. The molecule has 0 saturated carbocycles. The number of amides is 1. The number of benzene rings is 2. The van der Waals surface area contributed by atoms with Crippen LogP contribution >= 0.6 is 0 Å². The summed E-state index contributed by atoms with van der Waals surface area (Å²) in [6, 6.07) is 13.3. The fourth-order valence-corrected chi connectivity index (χ4v) is 3.07. The predicted octanol–water partition coefficient (Wildman–Crippen LogP) is 1.71. The second kappa shape index (κ2) is 9.04. The van der Waals surface area contributed by atoms with E-state index in [0.717, 1.165) is 12.0 Å². The smallest absolute Gasteiger partial charge is 0.252 e. The quantitative estimate of drug-likeness (QED) is 0.723. The van der Waals surface area contributed by atoms with Gasteiger partial charge in [-0.3, -0.25) is 4.79 Å². The minimum atomic E-state index is -3.60. The lowest BCUT2D eigenvalue weighted by Crippen LogP contribution is -2.24. The highest BCUT2D eigenvalue weighted by atomic mass is 32.2. The van der Waals surface area contributed by atoms with Gasteiger partial charge in [-0.05, 0) is 36.2 Å². The minimum absolute atomic E-state index is 0.0111. The van der Waals surface area contributed by atoms with E-state index in [1.54, 1.807) is 48.5 Å². The van der Waals surface area contributed by atoms with Crippen molar-refractivity contribution < 1.29 is 17.9 Å². The summed E-state index contributed by atoms with van der Waals surface area (Å²) in [7, 11) is -3.60. The van der Waals surface area contributed by atoms with Crippen LogP contribution in [-0.2, 0) is 16.4 Å². The molecule has 0 aromatic heterocycles. The Bertz CT molecular complexity index is 926. The second-order valence-corrected chi connectivity index (χ2v) is 7.09. The standard InChI is InChI=1S/C19H20N2O4S/c1-2-15-9-11-16(12-10-15)26(23,24)21-13-5-6-14-25-18-8-4-3-7-17(18)19(20)22/h3-4,7-12,21H,2,13-14H2,1H3,(H2,20,22). The van der Waals surface area contributed by atoms with Crippen LogP contribution in [0, 0.1) is 11.8 Å². The molecule has 0 fully saturated rings. The number of hydrogen-bond donors (Lipinski definition) is 2. The number of primary amides is 1. The van der Waals surface area contributed by atoms with Crippen molar-refractivity contribution in [2.24, 2.45) is 5.73 Å². The SMILES string of the molecule is CCc1ccc(S(=O)(=O)NCC#CCOc2ccccc2C(N)=O)cc1. The highest BCUT2D eigenvalue weighted by Gasteiger charge is 2.12. The molecule has 3 N–H and O–H groups in total. The summed E-state index contributed by atoms with van der Waals surface area (Å²) in [4.78, 5) is 11.5. The number of sulfonamides is 1. The summed E-state index contributed by atoms with van der Waals surface area (Å²) in [6.07, 6.45) is 0.845. The summed E-state index contributed by atoms with van der Waals surface area (Å²) in [5.41, 5.74) is 6.59. The Morgan fingerprint density at radius 1 is 1.12 bits per heavy atom. The first-order chi connectivity index (χ1) is 12.4. The molecule has 0 spiro atoms. The van der Waals surface area contributed by atoms with Gasteiger partial charge in [-0.1, -0.05) is 43.0 Å². The lowest BCUT2D eigenvalue weighted by atomic mass is 10.2. The molecule has 0 radical (unpaired) electrons. The second-order valence-electron chi connectivity index (χ2n) is 5.32. The fraction of sp³-hybridized carbons (Fsp3) is 0.211. The molecule has 136 valence electrons. The van der Waals surface area contributed by atoms with Gasteiger partial charge in [-0.15, -0.1) is 0 Å². The van der Waals surface area contributed by atoms with Gasteiger partial charge < -0.3 is 10.5 Å². The maximum Gasteiger partial charge on any atom is 0.252 e. The van der Waals surface area contributed by atoms with Crippen molar-refractivity contribution in [1.29, 1.82) is 0 Å². The maximum absolute atomic E-state index is 12.1. The van der Waals surface area contributed by atoms with Crippen molar-refractivity contribution in [2.45, 2.75) is 18.2 Å². The molecule has 0 aliphatic carbocycles. The van der Waals surface area contributed by atoms with Crippen molar-refractivity contribution in [1.82, 2.24) is 4.72 Å². The van der Waals surface area contributed by atoms with Gasteiger partial charge in [-0.2, -0.15) is 4.72 Å². The minimum Gasteiger partial charge on any atom is -0.480 e. The first-order valence-corrected chi connectivity index (χ1v) is 9.48. The van der Waals surface area contributed by atoms with Crippen molar-refractivity contribution in [3.8, 4) is 17.6 Å². The van der Waals surface area contributed by atoms with Crippen LogP contribution in [0.15, 0.2) is 53.4 Å². The van der Waals surface area contributed by atoms with Gasteiger partial charge in [0.2, 0.25) is 10.0 Å². The molecule has 0 atom stereocenters. The van der Waals surface area contributed by atoms with E-state index in [4.69, 9.17) is 10.5 Å². The van der Waals surface area contributed by atoms with E-state index in [9.17, 15) is 13.2 Å². The average molecular weight is 372 g/mol. The Morgan fingerprint density at radius 2 is 1.81 bits per heavy atom. The molecule has 0 heterocycles. The molecular formula is C19H20N2O4S. The number of nitrogens with one attached hydrogen (secondary N) is 1. The number of aryl methyl sites for hydroxylation is 1. The van der Waals surface area contributed by atoms with Crippen LogP contribution in [0.5, 0.6) is 5.75 Å². The summed E-state index contributed by atoms with van der Waals surface area (Å²) in [6.45, 7) is 1.97. The number of nitrogens with two attached hydrogens (primary N) is 1. The monoisotopic (exact) mass is 372 g/mol. The van der Waals surface area contributed by atoms with Crippen LogP contribution in [0.1, 0.15) is 22.8 Å². The largest absolute Gasteiger partial charge is 0.480 e. The predicted molar refractivity (Wildman–Crippen MR) is 99.2 cm³/mol. The molecule has 7 heteroatoms. The zero-order chi connectivity index (χ0) is 19.0. The average Bonchev–Trinajstić information content (AvgIpc) is 2.64. The first kappa shape index (κ1) is 19.5. The number of ether oxygens (including phenoxy) is 1. The highest BCUT2D eigenvalue weighted by Crippen LogP contribution is 2.16. The molecule has 0 unspecified atom stereocenters. The van der Waals surface area contributed by atoms with E-state index in [-0.39, 0.29) is 23.6 Å². The number of carbonyl (C=O) groups is 1. The van der Waals surface area contributed by atoms with Gasteiger partial charge >= 0.3 is 0 Å². The number of carbonyl (C=O) groups excluding carboxylic acids is 1. The molecular weight excluding hydrogens is 352 g/mol. The number of rotatable bonds is 7. The van der Waals surface area contributed by atoms with E-state index < -0.39 is 15.9 Å². The molecule has 2 rings (SSSR count). The Morgan fingerprint density at radius 3 is 2.46 bits per heavy atom. The molecule has 0 aliphatic heterocycles. The molecule has 26 heavy (non-hydrogen) atoms. The third kappa shape index (κ3) is 5.34. The summed E-state index contributed by atoms with van der Waals surface area (Å²) < 4.78 is 32.1. The van der Waals surface area contributed by atoms with Crippen LogP contribution < -0.4 is 15.2 Å². The lowest BCUT2D eigenvalue weighted by Gasteiger charge is -2.06. The zero-order valence-electron chi connectivity index (χ0n) is 14.4. The van der Waals surface area contributed by atoms with Gasteiger partial charge in [0.25, 0.3) is 5.91 Å². The van der Waals surface area contributed by atoms with Crippen LogP contribution in [0.2, 0.25) is 0 Å². The lowest BCUT2D eigenvalue weighted by molar-refractivity contribution is 0.0997. The molecule has 0 bridgehead atoms. The summed E-state index contributed by atoms with van der Waals surface area (Å²) in [5, 5.41) is 0. The van der Waals surface area contributed by atoms with Crippen LogP contribution in [0.4, 0.5) is 0 Å². The van der Waals surface area contributed by atoms with Crippen molar-refractivity contribution in [2.75, 3.05) is 13.2 Å². The number of para-hydroxylation sites is 1. The zero-order valence-corrected chi connectivity index (χ0v) is 15.2. The van der Waals surface area contributed by atoms with Crippen molar-refractivity contribution in [3.63, 3.8) is 0 Å². The van der Waals surface area contributed by atoms with E-state index in [1.807, 2.05) is 6.92 Å². The van der Waals surface area contributed by atoms with Gasteiger partial charge in [0.1, 0.15) is 12.4 Å². The maximum atomic E-state index is 12.1. The van der Waals surface area contributed by atoms with Gasteiger partial charge in [-0.25, -0.2) is 8.42 Å². The third-order valence-corrected chi connectivity index (χ3v) is 4.99. The fourth-order valence-electron chi connectivity index (χ4n) is 2.14. The molecule has 2 aromatic carbocycles. The molecule has 2 aromatic rings. The van der Waals surface area contributed by atoms with E-state index in [0.29, 0.717) is 5.75 Å². The van der Waals surface area contributed by atoms with Gasteiger partial charge in [0.05, 0.1) is 17.0 Å². The Kier molecular flexibility index (Phi) is 6.78. The molecule has 0 aliphatic rings. The molecule has 1 amide bonds. The van der Waals surface area contributed by atoms with Crippen LogP contribution in [0.3, 0.4) is 0 Å². The Labute approximate surface area is 153 Å². The van der Waals surface area contributed by atoms with E-state index >= 15 is 0 Å². The Hall–Kier alpha value is -2.82. The van der Waals surface area contributed by atoms with Gasteiger partial charge in [0.15, 0.2) is 0 Å². The van der Waals surface area contributed by atoms with Crippen LogP contribution in [-0.4, -0.2) is 27.5 Å². The van der Waals surface area contributed by atoms with E-state index in [1.165, 1.54) is 0 Å². The Balaban J connectivity index is 1.87. The molecule has 6 nitrogen and oxygen atoms in total. The topological polar surface area (TPSA) is 98.5 Å². The number of hydrogen-bond acceptors (Lipinski definition) is 4. The van der Waals surface area contributed by atoms with Crippen molar-refractivity contribution in [3.05, 3.63) is 59.7 Å². The van der Waals surface area contributed by atoms with Gasteiger partial charge in [0, 0.05) is 0 Å². The van der Waals surface area contributed by atoms with Crippen molar-refractivity contribution >= 4 is 15.9 Å². The van der Waals surface area contributed by atoms with E-state index in [2.05, 4.69) is 16.6 Å². The summed E-state index contributed by atoms with van der Waals surface area (Å²) in [5.74, 6) is 5.11. The highest BCUT2D eigenvalue weighted by molar-refractivity contribution is 7.89. The third-order valence-electron chi connectivity index (χ3n) is 3.57. The van der Waals surface area contributed by atoms with Crippen LogP contribution in [0.25, 0.3) is 0 Å².